The molecular formula is C26H33N5O3S. The van der Waals surface area contributed by atoms with Gasteiger partial charge >= 0.3 is 5.97 Å². The van der Waals surface area contributed by atoms with E-state index in [2.05, 4.69) is 36.8 Å². The van der Waals surface area contributed by atoms with Gasteiger partial charge in [-0.15, -0.1) is 10.2 Å². The first-order valence-electron chi connectivity index (χ1n) is 12.2. The molecule has 1 aliphatic heterocycles. The number of H-pyrrole nitrogens is 1. The first-order chi connectivity index (χ1) is 17.0. The van der Waals surface area contributed by atoms with E-state index in [1.807, 2.05) is 25.1 Å². The fourth-order valence-corrected chi connectivity index (χ4v) is 5.39. The number of hydrogen-bond donors (Lipinski definition) is 1. The zero-order valence-corrected chi connectivity index (χ0v) is 21.5. The van der Waals surface area contributed by atoms with Gasteiger partial charge in [-0.05, 0) is 57.8 Å². The van der Waals surface area contributed by atoms with Gasteiger partial charge in [0, 0.05) is 11.3 Å². The van der Waals surface area contributed by atoms with Gasteiger partial charge in [-0.3, -0.25) is 9.69 Å². The number of Topliss-reactive ketones (excluding diaryl/α,β-unsaturated/α-hetero) is 1. The number of likely N-dealkylation sites (tertiary alicyclic amines) is 1. The number of esters is 1. The molecule has 1 aliphatic rings. The van der Waals surface area contributed by atoms with Crippen LogP contribution in [0, 0.1) is 13.8 Å². The van der Waals surface area contributed by atoms with Gasteiger partial charge in [-0.1, -0.05) is 48.5 Å². The molecule has 1 N–H and O–H groups in total. The van der Waals surface area contributed by atoms with Crippen LogP contribution in [0.3, 0.4) is 0 Å². The third-order valence-corrected chi connectivity index (χ3v) is 7.29. The molecule has 3 aromatic rings. The van der Waals surface area contributed by atoms with Gasteiger partial charge in [-0.2, -0.15) is 0 Å². The molecule has 1 aromatic carbocycles. The summed E-state index contributed by atoms with van der Waals surface area (Å²) in [4.78, 5) is 30.9. The number of thioether (sulfide) groups is 1. The first kappa shape index (κ1) is 25.2. The Hall–Kier alpha value is -2.91. The van der Waals surface area contributed by atoms with Crippen LogP contribution in [0.4, 0.5) is 0 Å². The number of carbonyl (C=O) groups excluding carboxylic acids is 2. The molecule has 0 saturated carbocycles. The summed E-state index contributed by atoms with van der Waals surface area (Å²) in [6.45, 7) is 9.20. The fourth-order valence-electron chi connectivity index (χ4n) is 4.56. The van der Waals surface area contributed by atoms with Crippen LogP contribution >= 0.6 is 11.8 Å². The number of rotatable bonds is 10. The zero-order valence-electron chi connectivity index (χ0n) is 20.7. The molecule has 1 saturated heterocycles. The van der Waals surface area contributed by atoms with Crippen molar-refractivity contribution < 1.29 is 14.3 Å². The van der Waals surface area contributed by atoms with Crippen molar-refractivity contribution in [2.45, 2.75) is 58.3 Å². The molecule has 2 aromatic heterocycles. The van der Waals surface area contributed by atoms with Crippen LogP contribution < -0.4 is 0 Å². The topological polar surface area (TPSA) is 93.1 Å². The third-order valence-electron chi connectivity index (χ3n) is 6.32. The lowest BCUT2D eigenvalue weighted by Gasteiger charge is -2.26. The van der Waals surface area contributed by atoms with Crippen LogP contribution in [0.5, 0.6) is 0 Å². The summed E-state index contributed by atoms with van der Waals surface area (Å²) in [5.74, 6) is 0.635. The summed E-state index contributed by atoms with van der Waals surface area (Å²) < 4.78 is 7.24. The maximum atomic E-state index is 13.2. The van der Waals surface area contributed by atoms with Gasteiger partial charge in [0.15, 0.2) is 10.9 Å². The smallest absolute Gasteiger partial charge is 0.355 e. The number of ketones is 1. The molecule has 0 atom stereocenters. The van der Waals surface area contributed by atoms with Crippen LogP contribution in [0.15, 0.2) is 35.5 Å². The summed E-state index contributed by atoms with van der Waals surface area (Å²) in [7, 11) is 0. The fraction of sp³-hybridized carbons (Fsp3) is 0.462. The number of aromatic nitrogens is 4. The van der Waals surface area contributed by atoms with Gasteiger partial charge < -0.3 is 14.3 Å². The predicted molar refractivity (Wildman–Crippen MR) is 136 cm³/mol. The van der Waals surface area contributed by atoms with Gasteiger partial charge in [-0.25, -0.2) is 4.79 Å². The summed E-state index contributed by atoms with van der Waals surface area (Å²) in [5.41, 5.74) is 3.35. The van der Waals surface area contributed by atoms with Crippen molar-refractivity contribution in [3.05, 3.63) is 64.2 Å². The van der Waals surface area contributed by atoms with Crippen molar-refractivity contribution in [3.63, 3.8) is 0 Å². The number of hydrogen-bond acceptors (Lipinski definition) is 7. The Bertz CT molecular complexity index is 1170. The van der Waals surface area contributed by atoms with Crippen molar-refractivity contribution in [1.29, 1.82) is 0 Å². The molecule has 0 radical (unpaired) electrons. The number of aryl methyl sites for hydroxylation is 1. The third kappa shape index (κ3) is 6.02. The maximum Gasteiger partial charge on any atom is 0.355 e. The Labute approximate surface area is 210 Å². The molecular weight excluding hydrogens is 462 g/mol. The average molecular weight is 496 g/mol. The second-order valence-corrected chi connectivity index (χ2v) is 9.81. The van der Waals surface area contributed by atoms with Crippen LogP contribution in [0.2, 0.25) is 0 Å². The van der Waals surface area contributed by atoms with E-state index in [1.54, 1.807) is 13.8 Å². The zero-order chi connectivity index (χ0) is 24.8. The highest BCUT2D eigenvalue weighted by atomic mass is 32.2. The van der Waals surface area contributed by atoms with Crippen LogP contribution in [0.25, 0.3) is 0 Å². The van der Waals surface area contributed by atoms with Crippen molar-refractivity contribution in [1.82, 2.24) is 24.6 Å². The number of nitrogens with one attached hydrogen (secondary N) is 1. The standard InChI is InChI=1S/C26H33N5O3S/c1-4-34-25(33)24-18(2)23(19(3)27-24)21(32)17-35-26-29-28-22(16-30-13-9-6-10-14-30)31(26)15-20-11-7-5-8-12-20/h5,7-8,11-12,27H,4,6,9-10,13-17H2,1-3H3. The minimum absolute atomic E-state index is 0.0522. The van der Waals surface area contributed by atoms with Crippen molar-refractivity contribution in [2.24, 2.45) is 0 Å². The highest BCUT2D eigenvalue weighted by Crippen LogP contribution is 2.25. The molecule has 8 nitrogen and oxygen atoms in total. The molecule has 35 heavy (non-hydrogen) atoms. The van der Waals surface area contributed by atoms with Crippen LogP contribution in [-0.4, -0.2) is 61.9 Å². The van der Waals surface area contributed by atoms with E-state index in [-0.39, 0.29) is 18.1 Å². The van der Waals surface area contributed by atoms with Crippen molar-refractivity contribution >= 4 is 23.5 Å². The predicted octanol–water partition coefficient (Wildman–Crippen LogP) is 4.41. The van der Waals surface area contributed by atoms with E-state index in [0.717, 1.165) is 36.2 Å². The number of piperidine rings is 1. The molecule has 0 aliphatic carbocycles. The van der Waals surface area contributed by atoms with Crippen LogP contribution in [-0.2, 0) is 17.8 Å². The van der Waals surface area contributed by atoms with Crippen LogP contribution in [0.1, 0.15) is 69.7 Å². The van der Waals surface area contributed by atoms with Gasteiger partial charge in [0.25, 0.3) is 0 Å². The number of nitrogens with zero attached hydrogens (tertiary/aromatic N) is 4. The monoisotopic (exact) mass is 495 g/mol. The van der Waals surface area contributed by atoms with Crippen molar-refractivity contribution in [2.75, 3.05) is 25.4 Å². The SMILES string of the molecule is CCOC(=O)c1[nH]c(C)c(C(=O)CSc2nnc(CN3CCCCC3)n2Cc2ccccc2)c1C. The molecule has 186 valence electrons. The lowest BCUT2D eigenvalue weighted by molar-refractivity contribution is 0.0519. The number of carbonyl (C=O) groups is 2. The summed E-state index contributed by atoms with van der Waals surface area (Å²) in [5, 5.41) is 9.70. The summed E-state index contributed by atoms with van der Waals surface area (Å²) in [6.07, 6.45) is 3.71. The lowest BCUT2D eigenvalue weighted by atomic mass is 10.1. The minimum atomic E-state index is -0.440. The molecule has 0 bridgehead atoms. The highest BCUT2D eigenvalue weighted by molar-refractivity contribution is 7.99. The van der Waals surface area contributed by atoms with E-state index in [1.165, 1.54) is 31.0 Å². The van der Waals surface area contributed by atoms with Gasteiger partial charge in [0.1, 0.15) is 11.5 Å². The molecule has 3 heterocycles. The quantitative estimate of drug-likeness (QED) is 0.253. The van der Waals surface area contributed by atoms with E-state index >= 15 is 0 Å². The Morgan fingerprint density at radius 1 is 1.06 bits per heavy atom. The Morgan fingerprint density at radius 3 is 2.51 bits per heavy atom. The molecule has 0 unspecified atom stereocenters. The van der Waals surface area contributed by atoms with E-state index < -0.39 is 5.97 Å². The maximum absolute atomic E-state index is 13.2. The minimum Gasteiger partial charge on any atom is -0.461 e. The number of benzene rings is 1. The van der Waals surface area contributed by atoms with Gasteiger partial charge in [0.05, 0.1) is 25.4 Å². The lowest BCUT2D eigenvalue weighted by Crippen LogP contribution is -2.30. The Balaban J connectivity index is 1.52. The molecule has 1 fully saturated rings. The van der Waals surface area contributed by atoms with E-state index in [0.29, 0.717) is 29.1 Å². The summed E-state index contributed by atoms with van der Waals surface area (Å²) in [6, 6.07) is 10.2. The second-order valence-electron chi connectivity index (χ2n) is 8.86. The molecule has 4 rings (SSSR count). The van der Waals surface area contributed by atoms with Crippen molar-refractivity contribution in [3.8, 4) is 0 Å². The number of ether oxygens (including phenoxy) is 1. The normalized spacial score (nSPS) is 14.3. The molecule has 0 spiro atoms. The van der Waals surface area contributed by atoms with E-state index in [9.17, 15) is 9.59 Å². The van der Waals surface area contributed by atoms with Gasteiger partial charge in [0.2, 0.25) is 0 Å². The molecule has 9 heteroatoms. The highest BCUT2D eigenvalue weighted by Gasteiger charge is 2.24. The largest absolute Gasteiger partial charge is 0.461 e. The Morgan fingerprint density at radius 2 is 1.80 bits per heavy atom. The average Bonchev–Trinajstić information content (AvgIpc) is 3.38. The Kier molecular flexibility index (Phi) is 8.41. The summed E-state index contributed by atoms with van der Waals surface area (Å²) >= 11 is 1.39. The molecule has 0 amide bonds. The first-order valence-corrected chi connectivity index (χ1v) is 13.2. The second kappa shape index (κ2) is 11.7. The number of aromatic amines is 1. The van der Waals surface area contributed by atoms with E-state index in [4.69, 9.17) is 4.74 Å².